The lowest BCUT2D eigenvalue weighted by Gasteiger charge is -2.27. The highest BCUT2D eigenvalue weighted by Gasteiger charge is 2.36. The van der Waals surface area contributed by atoms with Gasteiger partial charge < -0.3 is 20.1 Å². The Bertz CT molecular complexity index is 805. The second kappa shape index (κ2) is 7.77. The summed E-state index contributed by atoms with van der Waals surface area (Å²) in [7, 11) is 0. The van der Waals surface area contributed by atoms with E-state index >= 15 is 0 Å². The summed E-state index contributed by atoms with van der Waals surface area (Å²) in [5.41, 5.74) is 0.335. The van der Waals surface area contributed by atoms with Gasteiger partial charge in [-0.1, -0.05) is 15.9 Å². The number of nitrogens with zero attached hydrogens (tertiary/aromatic N) is 2. The number of morpholine rings is 1. The molecule has 26 heavy (non-hydrogen) atoms. The van der Waals surface area contributed by atoms with Crippen molar-refractivity contribution >= 4 is 55.8 Å². The quantitative estimate of drug-likeness (QED) is 0.498. The predicted octanol–water partition coefficient (Wildman–Crippen LogP) is 1.67. The first-order valence-electron chi connectivity index (χ1n) is 7.75. The number of benzene rings is 1. The first-order valence-corrected chi connectivity index (χ1v) is 9.33. The summed E-state index contributed by atoms with van der Waals surface area (Å²) in [5.74, 6) is -0.996. The summed E-state index contributed by atoms with van der Waals surface area (Å²) in [6.45, 7) is 1.41. The molecular weight excluding hydrogens is 474 g/mol. The molecule has 0 bridgehead atoms. The third kappa shape index (κ3) is 3.92. The van der Waals surface area contributed by atoms with Gasteiger partial charge in [0.2, 0.25) is 5.91 Å². The van der Waals surface area contributed by atoms with Crippen LogP contribution in [0.4, 0.5) is 4.79 Å². The van der Waals surface area contributed by atoms with Crippen molar-refractivity contribution < 1.29 is 24.2 Å². The first kappa shape index (κ1) is 18.9. The Balaban J connectivity index is 1.77. The number of hydrogen-bond donors (Lipinski definition) is 2. The van der Waals surface area contributed by atoms with Crippen molar-refractivity contribution in [3.05, 3.63) is 32.3 Å². The van der Waals surface area contributed by atoms with Crippen LogP contribution in [0.3, 0.4) is 0 Å². The number of phenolic OH excluding ortho intramolecular Hbond substituents is 1. The Hall–Kier alpha value is -1.91. The zero-order chi connectivity index (χ0) is 18.8. The van der Waals surface area contributed by atoms with E-state index in [4.69, 9.17) is 4.74 Å². The molecule has 2 aliphatic rings. The third-order valence-corrected chi connectivity index (χ3v) is 5.04. The summed E-state index contributed by atoms with van der Waals surface area (Å²) in [5, 5.41) is 12.5. The van der Waals surface area contributed by atoms with E-state index in [0.717, 1.165) is 4.90 Å². The Morgan fingerprint density at radius 3 is 2.65 bits per heavy atom. The molecule has 2 saturated heterocycles. The molecule has 3 rings (SSSR count). The second-order valence-electron chi connectivity index (χ2n) is 5.70. The van der Waals surface area contributed by atoms with E-state index in [1.54, 1.807) is 17.0 Å². The molecule has 0 unspecified atom stereocenters. The zero-order valence-corrected chi connectivity index (χ0v) is 16.7. The molecule has 1 aromatic rings. The minimum absolute atomic E-state index is 0.00919. The number of imide groups is 1. The van der Waals surface area contributed by atoms with E-state index in [0.29, 0.717) is 40.8 Å². The summed E-state index contributed by atoms with van der Waals surface area (Å²) in [6.07, 6.45) is 1.37. The van der Waals surface area contributed by atoms with Crippen LogP contribution in [0.25, 0.3) is 6.08 Å². The molecule has 0 atom stereocenters. The van der Waals surface area contributed by atoms with Gasteiger partial charge >= 0.3 is 6.03 Å². The van der Waals surface area contributed by atoms with Crippen LogP contribution in [0, 0.1) is 0 Å². The van der Waals surface area contributed by atoms with Gasteiger partial charge in [0.1, 0.15) is 18.0 Å². The lowest BCUT2D eigenvalue weighted by molar-refractivity contribution is -0.139. The zero-order valence-electron chi connectivity index (χ0n) is 13.5. The van der Waals surface area contributed by atoms with Crippen molar-refractivity contribution in [1.82, 2.24) is 15.1 Å². The number of nitrogens with one attached hydrogen (secondary N) is 1. The maximum Gasteiger partial charge on any atom is 0.329 e. The average molecular weight is 489 g/mol. The number of aromatic hydroxyl groups is 1. The van der Waals surface area contributed by atoms with Crippen molar-refractivity contribution in [1.29, 1.82) is 0 Å². The number of carbonyl (C=O) groups excluding carboxylic acids is 3. The normalized spacial score (nSPS) is 19.2. The van der Waals surface area contributed by atoms with Crippen LogP contribution in [0.1, 0.15) is 5.56 Å². The van der Waals surface area contributed by atoms with E-state index < -0.39 is 11.9 Å². The van der Waals surface area contributed by atoms with Crippen molar-refractivity contribution in [2.45, 2.75) is 0 Å². The van der Waals surface area contributed by atoms with Crippen LogP contribution >= 0.6 is 31.9 Å². The molecule has 0 aliphatic carbocycles. The highest BCUT2D eigenvalue weighted by Crippen LogP contribution is 2.33. The number of carbonyl (C=O) groups is 3. The fraction of sp³-hybridized carbons (Fsp3) is 0.312. The van der Waals surface area contributed by atoms with Crippen LogP contribution in [-0.4, -0.2) is 65.6 Å². The van der Waals surface area contributed by atoms with Crippen molar-refractivity contribution in [3.8, 4) is 5.75 Å². The van der Waals surface area contributed by atoms with E-state index in [9.17, 15) is 19.5 Å². The molecule has 2 N–H and O–H groups in total. The Morgan fingerprint density at radius 2 is 1.96 bits per heavy atom. The fourth-order valence-corrected chi connectivity index (χ4v) is 3.87. The van der Waals surface area contributed by atoms with Gasteiger partial charge in [0, 0.05) is 23.1 Å². The summed E-state index contributed by atoms with van der Waals surface area (Å²) >= 11 is 6.51. The molecule has 138 valence electrons. The van der Waals surface area contributed by atoms with E-state index in [2.05, 4.69) is 37.2 Å². The lowest BCUT2D eigenvalue weighted by Crippen LogP contribution is -2.47. The molecule has 10 heteroatoms. The Labute approximate surface area is 166 Å². The van der Waals surface area contributed by atoms with E-state index in [1.807, 2.05) is 0 Å². The minimum Gasteiger partial charge on any atom is -0.506 e. The number of rotatable bonds is 3. The van der Waals surface area contributed by atoms with E-state index in [-0.39, 0.29) is 23.9 Å². The number of hydrogen-bond acceptors (Lipinski definition) is 5. The molecule has 4 amide bonds. The van der Waals surface area contributed by atoms with Gasteiger partial charge in [-0.2, -0.15) is 0 Å². The molecular formula is C16H15Br2N3O5. The minimum atomic E-state index is -0.670. The molecule has 2 aliphatic heterocycles. The number of urea groups is 1. The third-order valence-electron chi connectivity index (χ3n) is 3.98. The average Bonchev–Trinajstić information content (AvgIpc) is 2.87. The molecule has 1 aromatic carbocycles. The monoisotopic (exact) mass is 487 g/mol. The maximum absolute atomic E-state index is 12.5. The molecule has 0 spiro atoms. The van der Waals surface area contributed by atoms with Crippen molar-refractivity contribution in [2.24, 2.45) is 0 Å². The highest BCUT2D eigenvalue weighted by molar-refractivity contribution is 9.11. The van der Waals surface area contributed by atoms with Crippen molar-refractivity contribution in [2.75, 3.05) is 32.8 Å². The predicted molar refractivity (Wildman–Crippen MR) is 99.1 cm³/mol. The van der Waals surface area contributed by atoms with Gasteiger partial charge in [0.15, 0.2) is 0 Å². The smallest absolute Gasteiger partial charge is 0.329 e. The SMILES string of the molecule is O=C(CN1C(=O)N/C(=C\c2cc(Br)cc(Br)c2O)C1=O)N1CCOCC1. The van der Waals surface area contributed by atoms with E-state index in [1.165, 1.54) is 6.08 Å². The molecule has 2 heterocycles. The van der Waals surface area contributed by atoms with Crippen LogP contribution in [-0.2, 0) is 14.3 Å². The fourth-order valence-electron chi connectivity index (χ4n) is 2.61. The van der Waals surface area contributed by atoms with Crippen LogP contribution < -0.4 is 5.32 Å². The lowest BCUT2D eigenvalue weighted by atomic mass is 10.1. The van der Waals surface area contributed by atoms with Gasteiger partial charge in [-0.3, -0.25) is 9.59 Å². The highest BCUT2D eigenvalue weighted by atomic mass is 79.9. The molecule has 0 radical (unpaired) electrons. The van der Waals surface area contributed by atoms with Gasteiger partial charge in [-0.25, -0.2) is 9.69 Å². The van der Waals surface area contributed by atoms with Gasteiger partial charge in [0.25, 0.3) is 5.91 Å². The number of phenols is 1. The molecule has 0 aromatic heterocycles. The van der Waals surface area contributed by atoms with Gasteiger partial charge in [0.05, 0.1) is 17.7 Å². The van der Waals surface area contributed by atoms with Crippen molar-refractivity contribution in [3.63, 3.8) is 0 Å². The Morgan fingerprint density at radius 1 is 1.27 bits per heavy atom. The summed E-state index contributed by atoms with van der Waals surface area (Å²) in [4.78, 5) is 39.3. The first-order chi connectivity index (χ1) is 12.4. The molecule has 8 nitrogen and oxygen atoms in total. The number of ether oxygens (including phenoxy) is 1. The molecule has 0 saturated carbocycles. The standard InChI is InChI=1S/C16H15Br2N3O5/c17-10-5-9(14(23)11(18)7-10)6-12-15(24)21(16(25)19-12)8-13(22)20-1-3-26-4-2-20/h5-7,23H,1-4,8H2,(H,19,25)/b12-6-. The summed E-state index contributed by atoms with van der Waals surface area (Å²) in [6, 6.07) is 2.59. The van der Waals surface area contributed by atoms with Crippen LogP contribution in [0.2, 0.25) is 0 Å². The summed E-state index contributed by atoms with van der Waals surface area (Å²) < 4.78 is 6.31. The maximum atomic E-state index is 12.5. The largest absolute Gasteiger partial charge is 0.506 e. The second-order valence-corrected chi connectivity index (χ2v) is 7.47. The number of amides is 4. The van der Waals surface area contributed by atoms with Gasteiger partial charge in [-0.05, 0) is 34.1 Å². The van der Waals surface area contributed by atoms with Gasteiger partial charge in [-0.15, -0.1) is 0 Å². The Kier molecular flexibility index (Phi) is 5.64. The van der Waals surface area contributed by atoms with Crippen LogP contribution in [0.5, 0.6) is 5.75 Å². The number of halogens is 2. The topological polar surface area (TPSA) is 99.2 Å². The molecule has 2 fully saturated rings. The van der Waals surface area contributed by atoms with Crippen LogP contribution in [0.15, 0.2) is 26.8 Å².